The summed E-state index contributed by atoms with van der Waals surface area (Å²) in [7, 11) is 0. The average molecular weight is 298 g/mol. The topological polar surface area (TPSA) is 76.2 Å². The summed E-state index contributed by atoms with van der Waals surface area (Å²) in [6.07, 6.45) is 1.62. The van der Waals surface area contributed by atoms with Gasteiger partial charge in [-0.1, -0.05) is 0 Å². The molecule has 0 radical (unpaired) electrons. The van der Waals surface area contributed by atoms with Crippen molar-refractivity contribution in [2.24, 2.45) is 5.73 Å². The van der Waals surface area contributed by atoms with E-state index in [4.69, 9.17) is 10.8 Å². The van der Waals surface area contributed by atoms with Crippen LogP contribution in [0, 0.1) is 2.88 Å². The van der Waals surface area contributed by atoms with E-state index in [0.717, 1.165) is 2.88 Å². The van der Waals surface area contributed by atoms with Crippen LogP contribution in [0.25, 0.3) is 0 Å². The average Bonchev–Trinajstić information content (AvgIpc) is 2.34. The van der Waals surface area contributed by atoms with Crippen LogP contribution in [0.5, 0.6) is 0 Å². The lowest BCUT2D eigenvalue weighted by Gasteiger charge is -2.02. The zero-order chi connectivity index (χ0) is 9.14. The molecule has 4 nitrogen and oxygen atoms in total. The maximum atomic E-state index is 10.3. The van der Waals surface area contributed by atoms with Crippen LogP contribution in [-0.2, 0) is 4.79 Å². The number of nitrogens with zero attached hydrogens (tertiary/aromatic N) is 1. The van der Waals surface area contributed by atoms with E-state index in [1.54, 1.807) is 6.20 Å². The van der Waals surface area contributed by atoms with Gasteiger partial charge in [0.2, 0.25) is 0 Å². The number of thiazole rings is 1. The van der Waals surface area contributed by atoms with Crippen LogP contribution in [0.1, 0.15) is 17.5 Å². The van der Waals surface area contributed by atoms with Crippen LogP contribution in [0.2, 0.25) is 0 Å². The first-order valence-electron chi connectivity index (χ1n) is 3.18. The largest absolute Gasteiger partial charge is 0.481 e. The van der Waals surface area contributed by atoms with Gasteiger partial charge in [0.05, 0.1) is 21.5 Å². The molecule has 0 saturated heterocycles. The second kappa shape index (κ2) is 4.15. The van der Waals surface area contributed by atoms with Gasteiger partial charge in [-0.05, 0) is 22.6 Å². The smallest absolute Gasteiger partial charge is 0.305 e. The standard InChI is InChI=1S/C6H7IN2O2S/c7-4-2-9-6(12-4)3(8)1-5(10)11/h2-3H,1,8H2,(H,10,11). The molecule has 1 rings (SSSR count). The summed E-state index contributed by atoms with van der Waals surface area (Å²) in [5.74, 6) is -0.896. The molecule has 3 N–H and O–H groups in total. The highest BCUT2D eigenvalue weighted by Crippen LogP contribution is 2.21. The SMILES string of the molecule is NC(CC(=O)O)c1ncc(I)s1. The van der Waals surface area contributed by atoms with Gasteiger partial charge in [0, 0.05) is 0 Å². The monoisotopic (exact) mass is 298 g/mol. The maximum Gasteiger partial charge on any atom is 0.305 e. The van der Waals surface area contributed by atoms with Crippen molar-refractivity contribution in [2.75, 3.05) is 0 Å². The molecule has 0 amide bonds. The van der Waals surface area contributed by atoms with Gasteiger partial charge >= 0.3 is 5.97 Å². The highest BCUT2D eigenvalue weighted by Gasteiger charge is 2.13. The molecule has 66 valence electrons. The maximum absolute atomic E-state index is 10.3. The third-order valence-electron chi connectivity index (χ3n) is 1.21. The third-order valence-corrected chi connectivity index (χ3v) is 3.06. The van der Waals surface area contributed by atoms with Gasteiger partial charge in [-0.15, -0.1) is 11.3 Å². The van der Waals surface area contributed by atoms with E-state index in [9.17, 15) is 4.79 Å². The quantitative estimate of drug-likeness (QED) is 0.823. The van der Waals surface area contributed by atoms with Crippen LogP contribution >= 0.6 is 33.9 Å². The Morgan fingerprint density at radius 2 is 2.58 bits per heavy atom. The molecule has 0 aliphatic heterocycles. The Balaban J connectivity index is 2.64. The number of nitrogens with two attached hydrogens (primary N) is 1. The van der Waals surface area contributed by atoms with Crippen LogP contribution in [0.4, 0.5) is 0 Å². The minimum Gasteiger partial charge on any atom is -0.481 e. The lowest BCUT2D eigenvalue weighted by Crippen LogP contribution is -2.14. The predicted octanol–water partition coefficient (Wildman–Crippen LogP) is 1.22. The Morgan fingerprint density at radius 1 is 1.92 bits per heavy atom. The minimum atomic E-state index is -0.896. The van der Waals surface area contributed by atoms with E-state index in [1.807, 2.05) is 0 Å². The van der Waals surface area contributed by atoms with Crippen LogP contribution in [0.3, 0.4) is 0 Å². The number of aliphatic carboxylic acids is 1. The number of hydrogen-bond donors (Lipinski definition) is 2. The highest BCUT2D eigenvalue weighted by molar-refractivity contribution is 14.1. The molecule has 12 heavy (non-hydrogen) atoms. The number of carbonyl (C=O) groups is 1. The predicted molar refractivity (Wildman–Crippen MR) is 54.0 cm³/mol. The van der Waals surface area contributed by atoms with E-state index >= 15 is 0 Å². The molecule has 0 bridgehead atoms. The first-order valence-corrected chi connectivity index (χ1v) is 5.07. The van der Waals surface area contributed by atoms with E-state index in [0.29, 0.717) is 5.01 Å². The Morgan fingerprint density at radius 3 is 3.00 bits per heavy atom. The molecule has 6 heteroatoms. The number of rotatable bonds is 3. The zero-order valence-electron chi connectivity index (χ0n) is 6.03. The minimum absolute atomic E-state index is 0.0659. The molecular weight excluding hydrogens is 291 g/mol. The number of halogens is 1. The molecular formula is C6H7IN2O2S. The summed E-state index contributed by atoms with van der Waals surface area (Å²) in [5, 5.41) is 9.13. The fourth-order valence-corrected chi connectivity index (χ4v) is 2.18. The van der Waals surface area contributed by atoms with E-state index in [-0.39, 0.29) is 6.42 Å². The van der Waals surface area contributed by atoms with Crippen molar-refractivity contribution in [1.29, 1.82) is 0 Å². The van der Waals surface area contributed by atoms with E-state index in [1.165, 1.54) is 11.3 Å². The molecule has 0 spiro atoms. The number of carboxylic acids is 1. The lowest BCUT2D eigenvalue weighted by atomic mass is 10.2. The van der Waals surface area contributed by atoms with Gasteiger partial charge in [-0.3, -0.25) is 4.79 Å². The van der Waals surface area contributed by atoms with Crippen molar-refractivity contribution in [1.82, 2.24) is 4.98 Å². The Kier molecular flexibility index (Phi) is 3.41. The molecule has 0 aliphatic carbocycles. The zero-order valence-corrected chi connectivity index (χ0v) is 9.00. The molecule has 1 atom stereocenters. The second-order valence-corrected chi connectivity index (χ2v) is 5.16. The second-order valence-electron chi connectivity index (χ2n) is 2.21. The summed E-state index contributed by atoms with van der Waals surface area (Å²) < 4.78 is 1.02. The van der Waals surface area contributed by atoms with Gasteiger partial charge in [-0.25, -0.2) is 4.98 Å². The van der Waals surface area contributed by atoms with Crippen molar-refractivity contribution in [2.45, 2.75) is 12.5 Å². The van der Waals surface area contributed by atoms with Crippen molar-refractivity contribution in [3.8, 4) is 0 Å². The fourth-order valence-electron chi connectivity index (χ4n) is 0.714. The van der Waals surface area contributed by atoms with Gasteiger partial charge in [-0.2, -0.15) is 0 Å². The number of carboxylic acid groups (broad SMARTS) is 1. The number of aromatic nitrogens is 1. The molecule has 0 saturated carbocycles. The molecule has 0 fully saturated rings. The first kappa shape index (κ1) is 9.87. The summed E-state index contributed by atoms with van der Waals surface area (Å²) in [6, 6.07) is -0.476. The summed E-state index contributed by atoms with van der Waals surface area (Å²) >= 11 is 3.55. The Labute approximate surface area is 86.9 Å². The Bertz CT molecular complexity index is 289. The first-order chi connectivity index (χ1) is 5.59. The normalized spacial score (nSPS) is 12.8. The summed E-state index contributed by atoms with van der Waals surface area (Å²) in [6.45, 7) is 0. The molecule has 1 aromatic heterocycles. The van der Waals surface area contributed by atoms with Crippen molar-refractivity contribution >= 4 is 39.9 Å². The molecule has 1 unspecified atom stereocenters. The summed E-state index contributed by atoms with van der Waals surface area (Å²) in [4.78, 5) is 14.3. The van der Waals surface area contributed by atoms with Crippen LogP contribution < -0.4 is 5.73 Å². The van der Waals surface area contributed by atoms with Crippen molar-refractivity contribution in [3.63, 3.8) is 0 Å². The molecule has 0 aromatic carbocycles. The number of hydrogen-bond acceptors (Lipinski definition) is 4. The molecule has 0 aliphatic rings. The Hall–Kier alpha value is -0.210. The van der Waals surface area contributed by atoms with Crippen LogP contribution in [0.15, 0.2) is 6.20 Å². The lowest BCUT2D eigenvalue weighted by molar-refractivity contribution is -0.137. The van der Waals surface area contributed by atoms with Gasteiger partial charge in [0.15, 0.2) is 0 Å². The van der Waals surface area contributed by atoms with Gasteiger partial charge in [0.25, 0.3) is 0 Å². The fraction of sp³-hybridized carbons (Fsp3) is 0.333. The highest BCUT2D eigenvalue weighted by atomic mass is 127. The molecule has 1 aromatic rings. The van der Waals surface area contributed by atoms with Crippen molar-refractivity contribution in [3.05, 3.63) is 14.1 Å². The van der Waals surface area contributed by atoms with Crippen molar-refractivity contribution < 1.29 is 9.90 Å². The van der Waals surface area contributed by atoms with E-state index in [2.05, 4.69) is 27.6 Å². The van der Waals surface area contributed by atoms with E-state index < -0.39 is 12.0 Å². The molecule has 1 heterocycles. The van der Waals surface area contributed by atoms with Gasteiger partial charge in [0.1, 0.15) is 5.01 Å². The summed E-state index contributed by atoms with van der Waals surface area (Å²) in [5.41, 5.74) is 5.57. The third kappa shape index (κ3) is 2.68. The van der Waals surface area contributed by atoms with Crippen LogP contribution in [-0.4, -0.2) is 16.1 Å². The van der Waals surface area contributed by atoms with Gasteiger partial charge < -0.3 is 10.8 Å².